The first kappa shape index (κ1) is 19.5. The van der Waals surface area contributed by atoms with Crippen molar-refractivity contribution in [1.29, 1.82) is 0 Å². The summed E-state index contributed by atoms with van der Waals surface area (Å²) in [5.41, 5.74) is 6.84. The fourth-order valence-corrected chi connectivity index (χ4v) is 3.50. The summed E-state index contributed by atoms with van der Waals surface area (Å²) >= 11 is 7.04. The smallest absolute Gasteiger partial charge is 0.122 e. The van der Waals surface area contributed by atoms with E-state index >= 15 is 0 Å². The van der Waals surface area contributed by atoms with Gasteiger partial charge in [0.15, 0.2) is 0 Å². The third-order valence-electron chi connectivity index (χ3n) is 4.34. The van der Waals surface area contributed by atoms with Crippen LogP contribution in [0.5, 0.6) is 5.75 Å². The molecule has 1 nitrogen and oxygen atoms in total. The summed E-state index contributed by atoms with van der Waals surface area (Å²) in [5.74, 6) is 0.989. The minimum atomic E-state index is 0.930. The quantitative estimate of drug-likeness (QED) is 0.407. The van der Waals surface area contributed by atoms with Crippen LogP contribution >= 0.6 is 31.9 Å². The molecular weight excluding hydrogens is 428 g/mol. The Morgan fingerprint density at radius 1 is 0.833 bits per heavy atom. The Kier molecular flexibility index (Phi) is 8.34. The Balaban J connectivity index is 2.25. The van der Waals surface area contributed by atoms with Crippen molar-refractivity contribution in [2.45, 2.75) is 39.0 Å². The molecular formula is C21H26Br2O. The maximum absolute atomic E-state index is 5.60. The molecule has 24 heavy (non-hydrogen) atoms. The molecule has 0 heterocycles. The van der Waals surface area contributed by atoms with E-state index in [1.807, 2.05) is 0 Å². The van der Waals surface area contributed by atoms with Gasteiger partial charge in [-0.2, -0.15) is 0 Å². The highest BCUT2D eigenvalue weighted by atomic mass is 79.9. The molecule has 0 aliphatic carbocycles. The van der Waals surface area contributed by atoms with E-state index in [1.165, 1.54) is 34.2 Å². The van der Waals surface area contributed by atoms with E-state index in [0.717, 1.165) is 42.1 Å². The molecule has 130 valence electrons. The van der Waals surface area contributed by atoms with Gasteiger partial charge < -0.3 is 4.74 Å². The number of alkyl halides is 2. The Morgan fingerprint density at radius 3 is 2.00 bits per heavy atom. The maximum Gasteiger partial charge on any atom is 0.122 e. The maximum atomic E-state index is 5.60. The molecule has 2 aromatic carbocycles. The number of halogens is 2. The average Bonchev–Trinajstić information content (AvgIpc) is 2.60. The molecule has 0 N–H and O–H groups in total. The molecule has 0 spiro atoms. The van der Waals surface area contributed by atoms with Crippen molar-refractivity contribution >= 4 is 31.9 Å². The Bertz CT molecular complexity index is 652. The molecule has 0 radical (unpaired) electrons. The van der Waals surface area contributed by atoms with Crippen LogP contribution in [0.2, 0.25) is 0 Å². The van der Waals surface area contributed by atoms with Crippen LogP contribution in [-0.2, 0) is 19.3 Å². The number of methoxy groups -OCH3 is 1. The molecule has 0 aliphatic heterocycles. The number of rotatable bonds is 9. The van der Waals surface area contributed by atoms with Gasteiger partial charge in [0.2, 0.25) is 0 Å². The summed E-state index contributed by atoms with van der Waals surface area (Å²) in [6, 6.07) is 13.5. The van der Waals surface area contributed by atoms with Crippen LogP contribution in [0.4, 0.5) is 0 Å². The van der Waals surface area contributed by atoms with Gasteiger partial charge >= 0.3 is 0 Å². The van der Waals surface area contributed by atoms with Gasteiger partial charge in [0, 0.05) is 17.1 Å². The standard InChI is InChI=1S/C21H26Br2O/c1-16-7-8-17(5-3-11-22)13-19(16)15-20-14-18(6-4-12-23)9-10-21(20)24-2/h7-10,13-14H,3-6,11-12,15H2,1-2H3. The van der Waals surface area contributed by atoms with Crippen LogP contribution in [0.3, 0.4) is 0 Å². The minimum absolute atomic E-state index is 0.930. The van der Waals surface area contributed by atoms with Gasteiger partial charge in [-0.05, 0) is 66.5 Å². The van der Waals surface area contributed by atoms with Crippen molar-refractivity contribution in [3.05, 3.63) is 64.2 Å². The summed E-state index contributed by atoms with van der Waals surface area (Å²) in [6.07, 6.45) is 5.49. The first-order valence-corrected chi connectivity index (χ1v) is 10.8. The van der Waals surface area contributed by atoms with E-state index in [0.29, 0.717) is 0 Å². The number of aryl methyl sites for hydroxylation is 3. The summed E-state index contributed by atoms with van der Waals surface area (Å²) in [6.45, 7) is 2.20. The fourth-order valence-electron chi connectivity index (χ4n) is 2.94. The number of ether oxygens (including phenoxy) is 1. The van der Waals surface area contributed by atoms with Crippen LogP contribution in [0.15, 0.2) is 36.4 Å². The highest BCUT2D eigenvalue weighted by Crippen LogP contribution is 2.26. The van der Waals surface area contributed by atoms with Crippen LogP contribution < -0.4 is 4.74 Å². The Labute approximate surface area is 163 Å². The second-order valence-corrected chi connectivity index (χ2v) is 7.75. The van der Waals surface area contributed by atoms with Crippen molar-refractivity contribution in [2.75, 3.05) is 17.8 Å². The lowest BCUT2D eigenvalue weighted by Gasteiger charge is -2.13. The van der Waals surface area contributed by atoms with Gasteiger partial charge in [0.05, 0.1) is 7.11 Å². The monoisotopic (exact) mass is 452 g/mol. The topological polar surface area (TPSA) is 9.23 Å². The molecule has 2 aromatic rings. The average molecular weight is 454 g/mol. The van der Waals surface area contributed by atoms with Gasteiger partial charge in [0.25, 0.3) is 0 Å². The molecule has 0 aliphatic rings. The third-order valence-corrected chi connectivity index (χ3v) is 5.46. The first-order chi connectivity index (χ1) is 11.7. The summed E-state index contributed by atoms with van der Waals surface area (Å²) < 4.78 is 5.60. The first-order valence-electron chi connectivity index (χ1n) is 8.54. The van der Waals surface area contributed by atoms with Crippen molar-refractivity contribution in [2.24, 2.45) is 0 Å². The second-order valence-electron chi connectivity index (χ2n) is 6.17. The van der Waals surface area contributed by atoms with E-state index in [-0.39, 0.29) is 0 Å². The molecule has 3 heteroatoms. The van der Waals surface area contributed by atoms with Crippen molar-refractivity contribution < 1.29 is 4.74 Å². The summed E-state index contributed by atoms with van der Waals surface area (Å²) in [4.78, 5) is 0. The summed E-state index contributed by atoms with van der Waals surface area (Å²) in [7, 11) is 1.76. The lowest BCUT2D eigenvalue weighted by Crippen LogP contribution is -1.99. The molecule has 0 saturated carbocycles. The number of benzene rings is 2. The largest absolute Gasteiger partial charge is 0.496 e. The van der Waals surface area contributed by atoms with Crippen molar-refractivity contribution in [1.82, 2.24) is 0 Å². The van der Waals surface area contributed by atoms with E-state index in [1.54, 1.807) is 7.11 Å². The van der Waals surface area contributed by atoms with E-state index in [9.17, 15) is 0 Å². The number of hydrogen-bond donors (Lipinski definition) is 0. The Morgan fingerprint density at radius 2 is 1.42 bits per heavy atom. The molecule has 2 rings (SSSR count). The second kappa shape index (κ2) is 10.2. The molecule has 0 amide bonds. The molecule has 0 fully saturated rings. The summed E-state index contributed by atoms with van der Waals surface area (Å²) in [5, 5.41) is 2.10. The fraction of sp³-hybridized carbons (Fsp3) is 0.429. The zero-order chi connectivity index (χ0) is 17.4. The van der Waals surface area contributed by atoms with Crippen LogP contribution in [0.25, 0.3) is 0 Å². The highest BCUT2D eigenvalue weighted by molar-refractivity contribution is 9.09. The highest BCUT2D eigenvalue weighted by Gasteiger charge is 2.09. The van der Waals surface area contributed by atoms with E-state index in [4.69, 9.17) is 4.74 Å². The normalized spacial score (nSPS) is 10.8. The molecule has 0 atom stereocenters. The Hall–Kier alpha value is -0.800. The van der Waals surface area contributed by atoms with E-state index < -0.39 is 0 Å². The molecule has 0 bridgehead atoms. The predicted molar refractivity (Wildman–Crippen MR) is 111 cm³/mol. The third kappa shape index (κ3) is 5.63. The van der Waals surface area contributed by atoms with Gasteiger partial charge in [-0.1, -0.05) is 62.2 Å². The number of hydrogen-bond acceptors (Lipinski definition) is 1. The minimum Gasteiger partial charge on any atom is -0.496 e. The zero-order valence-electron chi connectivity index (χ0n) is 14.6. The molecule has 0 aromatic heterocycles. The molecule has 0 saturated heterocycles. The van der Waals surface area contributed by atoms with Gasteiger partial charge in [0.1, 0.15) is 5.75 Å². The van der Waals surface area contributed by atoms with Gasteiger partial charge in [-0.25, -0.2) is 0 Å². The van der Waals surface area contributed by atoms with Crippen molar-refractivity contribution in [3.63, 3.8) is 0 Å². The molecule has 0 unspecified atom stereocenters. The SMILES string of the molecule is COc1ccc(CCCBr)cc1Cc1cc(CCCBr)ccc1C. The van der Waals surface area contributed by atoms with Crippen molar-refractivity contribution in [3.8, 4) is 5.75 Å². The predicted octanol–water partition coefficient (Wildman–Crippen LogP) is 6.25. The van der Waals surface area contributed by atoms with Crippen LogP contribution in [0, 0.1) is 6.92 Å². The van der Waals surface area contributed by atoms with Crippen LogP contribution in [0.1, 0.15) is 40.7 Å². The van der Waals surface area contributed by atoms with E-state index in [2.05, 4.69) is 75.2 Å². The van der Waals surface area contributed by atoms with Gasteiger partial charge in [-0.3, -0.25) is 0 Å². The van der Waals surface area contributed by atoms with Crippen LogP contribution in [-0.4, -0.2) is 17.8 Å². The zero-order valence-corrected chi connectivity index (χ0v) is 17.8. The van der Waals surface area contributed by atoms with Gasteiger partial charge in [-0.15, -0.1) is 0 Å². The lowest BCUT2D eigenvalue weighted by molar-refractivity contribution is 0.410. The lowest BCUT2D eigenvalue weighted by atomic mass is 9.95.